The highest BCUT2D eigenvalue weighted by molar-refractivity contribution is 5.84. The average molecular weight is 268 g/mol. The monoisotopic (exact) mass is 268 g/mol. The number of aromatic nitrogens is 2. The predicted molar refractivity (Wildman–Crippen MR) is 67.0 cm³/mol. The highest BCUT2D eigenvalue weighted by Gasteiger charge is 2.39. The SMILES string of the molecule is CCc1ncnc(N2CCC[C@](O)(C(N)=O)C2)c1F. The van der Waals surface area contributed by atoms with Crippen LogP contribution in [0.5, 0.6) is 0 Å². The van der Waals surface area contributed by atoms with Gasteiger partial charge in [-0.3, -0.25) is 4.79 Å². The van der Waals surface area contributed by atoms with E-state index in [1.807, 2.05) is 0 Å². The van der Waals surface area contributed by atoms with E-state index in [-0.39, 0.29) is 18.8 Å². The van der Waals surface area contributed by atoms with Crippen molar-refractivity contribution in [2.24, 2.45) is 5.73 Å². The van der Waals surface area contributed by atoms with Gasteiger partial charge in [-0.05, 0) is 19.3 Å². The summed E-state index contributed by atoms with van der Waals surface area (Å²) in [6.07, 6.45) is 2.57. The molecule has 0 radical (unpaired) electrons. The Balaban J connectivity index is 2.30. The van der Waals surface area contributed by atoms with E-state index in [1.165, 1.54) is 6.33 Å². The number of aliphatic hydroxyl groups is 1. The first kappa shape index (κ1) is 13.7. The van der Waals surface area contributed by atoms with Gasteiger partial charge in [-0.1, -0.05) is 6.92 Å². The van der Waals surface area contributed by atoms with E-state index in [0.29, 0.717) is 25.1 Å². The molecule has 1 aliphatic heterocycles. The van der Waals surface area contributed by atoms with Crippen molar-refractivity contribution in [2.75, 3.05) is 18.0 Å². The molecular weight excluding hydrogens is 251 g/mol. The third-order valence-electron chi connectivity index (χ3n) is 3.41. The van der Waals surface area contributed by atoms with E-state index in [0.717, 1.165) is 0 Å². The predicted octanol–water partition coefficient (Wildman–Crippen LogP) is -0.00530. The summed E-state index contributed by atoms with van der Waals surface area (Å²) in [6.45, 7) is 2.28. The van der Waals surface area contributed by atoms with Crippen molar-refractivity contribution in [1.82, 2.24) is 9.97 Å². The van der Waals surface area contributed by atoms with E-state index in [9.17, 15) is 14.3 Å². The second kappa shape index (κ2) is 5.08. The average Bonchev–Trinajstić information content (AvgIpc) is 2.39. The number of β-amino-alcohol motifs (C(OH)–C–C–N with tert-alkyl or cyclic N) is 1. The molecular formula is C12H17FN4O2. The lowest BCUT2D eigenvalue weighted by molar-refractivity contribution is -0.137. The van der Waals surface area contributed by atoms with Crippen LogP contribution in [0.25, 0.3) is 0 Å². The molecule has 0 saturated carbocycles. The molecule has 104 valence electrons. The van der Waals surface area contributed by atoms with Crippen molar-refractivity contribution < 1.29 is 14.3 Å². The van der Waals surface area contributed by atoms with Crippen LogP contribution in [0, 0.1) is 5.82 Å². The molecule has 0 aromatic carbocycles. The summed E-state index contributed by atoms with van der Waals surface area (Å²) in [4.78, 5) is 20.6. The lowest BCUT2D eigenvalue weighted by atomic mass is 9.92. The van der Waals surface area contributed by atoms with Crippen LogP contribution < -0.4 is 10.6 Å². The van der Waals surface area contributed by atoms with Crippen molar-refractivity contribution >= 4 is 11.7 Å². The largest absolute Gasteiger partial charge is 0.378 e. The molecule has 2 heterocycles. The molecule has 0 spiro atoms. The van der Waals surface area contributed by atoms with Crippen LogP contribution in [0.3, 0.4) is 0 Å². The minimum absolute atomic E-state index is 0.0422. The summed E-state index contributed by atoms with van der Waals surface area (Å²) in [5.74, 6) is -1.17. The third-order valence-corrected chi connectivity index (χ3v) is 3.41. The Labute approximate surface area is 110 Å². The molecule has 0 unspecified atom stereocenters. The Bertz CT molecular complexity index is 497. The number of hydrogen-bond donors (Lipinski definition) is 2. The van der Waals surface area contributed by atoms with Gasteiger partial charge in [0.05, 0.1) is 12.2 Å². The van der Waals surface area contributed by atoms with E-state index in [1.54, 1.807) is 11.8 Å². The molecule has 0 aliphatic carbocycles. The maximum Gasteiger partial charge on any atom is 0.251 e. The Morgan fingerprint density at radius 3 is 3.00 bits per heavy atom. The van der Waals surface area contributed by atoms with Gasteiger partial charge in [-0.15, -0.1) is 0 Å². The van der Waals surface area contributed by atoms with Crippen molar-refractivity contribution in [3.63, 3.8) is 0 Å². The number of anilines is 1. The molecule has 1 saturated heterocycles. The van der Waals surface area contributed by atoms with Gasteiger partial charge in [-0.25, -0.2) is 14.4 Å². The highest BCUT2D eigenvalue weighted by Crippen LogP contribution is 2.27. The van der Waals surface area contributed by atoms with Crippen LogP contribution >= 0.6 is 0 Å². The normalized spacial score (nSPS) is 23.4. The van der Waals surface area contributed by atoms with E-state index in [2.05, 4.69) is 9.97 Å². The number of piperidine rings is 1. The van der Waals surface area contributed by atoms with Crippen LogP contribution in [0.1, 0.15) is 25.5 Å². The zero-order valence-electron chi connectivity index (χ0n) is 10.8. The molecule has 19 heavy (non-hydrogen) atoms. The topological polar surface area (TPSA) is 92.3 Å². The summed E-state index contributed by atoms with van der Waals surface area (Å²) in [5.41, 5.74) is 3.89. The number of halogens is 1. The molecule has 7 heteroatoms. The molecule has 2 rings (SSSR count). The number of carbonyl (C=O) groups excluding carboxylic acids is 1. The Morgan fingerprint density at radius 2 is 2.37 bits per heavy atom. The first-order valence-corrected chi connectivity index (χ1v) is 6.24. The Hall–Kier alpha value is -1.76. The van der Waals surface area contributed by atoms with Gasteiger partial charge in [0, 0.05) is 6.54 Å². The van der Waals surface area contributed by atoms with Gasteiger partial charge in [-0.2, -0.15) is 0 Å². The lowest BCUT2D eigenvalue weighted by Crippen LogP contribution is -2.56. The first-order valence-electron chi connectivity index (χ1n) is 6.24. The second-order valence-electron chi connectivity index (χ2n) is 4.73. The number of carbonyl (C=O) groups is 1. The summed E-state index contributed by atoms with van der Waals surface area (Å²) in [5, 5.41) is 10.1. The molecule has 0 bridgehead atoms. The number of nitrogens with zero attached hydrogens (tertiary/aromatic N) is 3. The molecule has 3 N–H and O–H groups in total. The van der Waals surface area contributed by atoms with Gasteiger partial charge in [0.25, 0.3) is 5.91 Å². The number of amides is 1. The van der Waals surface area contributed by atoms with Crippen LogP contribution in [0.4, 0.5) is 10.2 Å². The van der Waals surface area contributed by atoms with Gasteiger partial charge in [0.1, 0.15) is 6.33 Å². The zero-order chi connectivity index (χ0) is 14.0. The van der Waals surface area contributed by atoms with E-state index in [4.69, 9.17) is 5.73 Å². The Kier molecular flexibility index (Phi) is 3.66. The summed E-state index contributed by atoms with van der Waals surface area (Å²) in [7, 11) is 0. The van der Waals surface area contributed by atoms with Gasteiger partial charge < -0.3 is 15.7 Å². The van der Waals surface area contributed by atoms with Crippen LogP contribution in [0.2, 0.25) is 0 Å². The molecule has 1 aliphatic rings. The number of hydrogen-bond acceptors (Lipinski definition) is 5. The minimum atomic E-state index is -1.62. The van der Waals surface area contributed by atoms with Crippen molar-refractivity contribution in [3.8, 4) is 0 Å². The fraction of sp³-hybridized carbons (Fsp3) is 0.583. The zero-order valence-corrected chi connectivity index (χ0v) is 10.8. The maximum absolute atomic E-state index is 14.1. The molecule has 1 amide bonds. The second-order valence-corrected chi connectivity index (χ2v) is 4.73. The summed E-state index contributed by atoms with van der Waals surface area (Å²) in [6, 6.07) is 0. The molecule has 1 aromatic rings. The van der Waals surface area contributed by atoms with E-state index >= 15 is 0 Å². The fourth-order valence-corrected chi connectivity index (χ4v) is 2.28. The van der Waals surface area contributed by atoms with Gasteiger partial charge in [0.15, 0.2) is 17.2 Å². The third kappa shape index (κ3) is 2.51. The van der Waals surface area contributed by atoms with Crippen LogP contribution in [-0.2, 0) is 11.2 Å². The minimum Gasteiger partial charge on any atom is -0.378 e. The molecule has 1 atom stereocenters. The Morgan fingerprint density at radius 1 is 1.63 bits per heavy atom. The van der Waals surface area contributed by atoms with Crippen molar-refractivity contribution in [1.29, 1.82) is 0 Å². The fourth-order valence-electron chi connectivity index (χ4n) is 2.28. The number of rotatable bonds is 3. The number of aryl methyl sites for hydroxylation is 1. The smallest absolute Gasteiger partial charge is 0.251 e. The molecule has 1 fully saturated rings. The quantitative estimate of drug-likeness (QED) is 0.804. The summed E-state index contributed by atoms with van der Waals surface area (Å²) < 4.78 is 14.1. The first-order chi connectivity index (χ1) is 8.98. The molecule has 6 nitrogen and oxygen atoms in total. The molecule has 1 aromatic heterocycles. The summed E-state index contributed by atoms with van der Waals surface area (Å²) >= 11 is 0. The highest BCUT2D eigenvalue weighted by atomic mass is 19.1. The maximum atomic E-state index is 14.1. The van der Waals surface area contributed by atoms with E-state index < -0.39 is 17.3 Å². The van der Waals surface area contributed by atoms with Crippen LogP contribution in [-0.4, -0.2) is 39.7 Å². The standard InChI is InChI=1S/C12H17FN4O2/c1-2-8-9(13)10(16-7-15-8)17-5-3-4-12(19,6-17)11(14)18/h7,19H,2-6H2,1H3,(H2,14,18)/t12-/m1/s1. The van der Waals surface area contributed by atoms with Crippen molar-refractivity contribution in [2.45, 2.75) is 31.8 Å². The number of primary amides is 1. The van der Waals surface area contributed by atoms with Crippen LogP contribution in [0.15, 0.2) is 6.33 Å². The lowest BCUT2D eigenvalue weighted by Gasteiger charge is -2.37. The number of nitrogens with two attached hydrogens (primary N) is 1. The van der Waals surface area contributed by atoms with Crippen molar-refractivity contribution in [3.05, 3.63) is 17.8 Å². The van der Waals surface area contributed by atoms with Gasteiger partial charge >= 0.3 is 0 Å². The van der Waals surface area contributed by atoms with Gasteiger partial charge in [0.2, 0.25) is 0 Å².